The summed E-state index contributed by atoms with van der Waals surface area (Å²) >= 11 is 5.27. The highest BCUT2D eigenvalue weighted by molar-refractivity contribution is 9.10. The predicted octanol–water partition coefficient (Wildman–Crippen LogP) is 3.56. The summed E-state index contributed by atoms with van der Waals surface area (Å²) < 4.78 is 1.10. The van der Waals surface area contributed by atoms with Crippen molar-refractivity contribution in [2.24, 2.45) is 0 Å². The lowest BCUT2D eigenvalue weighted by atomic mass is 10.1. The highest BCUT2D eigenvalue weighted by Crippen LogP contribution is 2.27. The molecule has 0 spiro atoms. The number of carbonyl (C=O) groups is 1. The first kappa shape index (κ1) is 18.8. The van der Waals surface area contributed by atoms with Gasteiger partial charge in [-0.2, -0.15) is 0 Å². The number of nitrogens with zero attached hydrogens (tertiary/aromatic N) is 1. The highest BCUT2D eigenvalue weighted by Gasteiger charge is 2.22. The van der Waals surface area contributed by atoms with Gasteiger partial charge in [0.15, 0.2) is 0 Å². The molecule has 21 heavy (non-hydrogen) atoms. The molecule has 6 heteroatoms. The molecule has 0 bridgehead atoms. The molecule has 2 rings (SSSR count). The minimum atomic E-state index is 0. The summed E-state index contributed by atoms with van der Waals surface area (Å²) in [4.78, 5) is 15.4. The Hall–Kier alpha value is -0.230. The first-order valence-corrected chi connectivity index (χ1v) is 8.81. The molecule has 0 aliphatic carbocycles. The molecule has 0 saturated carbocycles. The maximum Gasteiger partial charge on any atom is 0.223 e. The SMILES string of the molecule is CNC1CCCN(C(=O)CCSc2ccccc2Br)C1.Cl. The zero-order valence-electron chi connectivity index (χ0n) is 12.2. The number of piperidine rings is 1. The third-order valence-electron chi connectivity index (χ3n) is 3.59. The molecule has 0 radical (unpaired) electrons. The average molecular weight is 394 g/mol. The van der Waals surface area contributed by atoms with Crippen LogP contribution < -0.4 is 5.32 Å². The van der Waals surface area contributed by atoms with E-state index in [1.54, 1.807) is 11.8 Å². The van der Waals surface area contributed by atoms with Gasteiger partial charge in [0.1, 0.15) is 0 Å². The zero-order valence-corrected chi connectivity index (χ0v) is 15.4. The van der Waals surface area contributed by atoms with Gasteiger partial charge in [-0.15, -0.1) is 24.2 Å². The molecule has 1 aromatic rings. The van der Waals surface area contributed by atoms with E-state index in [9.17, 15) is 4.79 Å². The van der Waals surface area contributed by atoms with Gasteiger partial charge in [0.25, 0.3) is 0 Å². The Labute approximate surface area is 145 Å². The Morgan fingerprint density at radius 2 is 2.24 bits per heavy atom. The van der Waals surface area contributed by atoms with Crippen molar-refractivity contribution in [1.82, 2.24) is 10.2 Å². The monoisotopic (exact) mass is 392 g/mol. The summed E-state index contributed by atoms with van der Waals surface area (Å²) in [7, 11) is 1.97. The van der Waals surface area contributed by atoms with Crippen LogP contribution in [0.15, 0.2) is 33.6 Å². The topological polar surface area (TPSA) is 32.3 Å². The van der Waals surface area contributed by atoms with E-state index in [0.717, 1.165) is 29.7 Å². The van der Waals surface area contributed by atoms with E-state index < -0.39 is 0 Å². The molecular weight excluding hydrogens is 372 g/mol. The van der Waals surface area contributed by atoms with Gasteiger partial charge >= 0.3 is 0 Å². The van der Waals surface area contributed by atoms with Crippen LogP contribution in [0.25, 0.3) is 0 Å². The molecule has 1 saturated heterocycles. The van der Waals surface area contributed by atoms with E-state index in [4.69, 9.17) is 0 Å². The molecule has 1 amide bonds. The van der Waals surface area contributed by atoms with Crippen LogP contribution in [0.2, 0.25) is 0 Å². The Morgan fingerprint density at radius 3 is 2.95 bits per heavy atom. The first-order valence-electron chi connectivity index (χ1n) is 7.03. The van der Waals surface area contributed by atoms with Crippen molar-refractivity contribution in [2.75, 3.05) is 25.9 Å². The number of thioether (sulfide) groups is 1. The number of nitrogens with one attached hydrogen (secondary N) is 1. The third kappa shape index (κ3) is 5.81. The van der Waals surface area contributed by atoms with Crippen molar-refractivity contribution >= 4 is 46.0 Å². The summed E-state index contributed by atoms with van der Waals surface area (Å²) in [6.45, 7) is 1.77. The van der Waals surface area contributed by atoms with Gasteiger partial charge in [-0.1, -0.05) is 12.1 Å². The lowest BCUT2D eigenvalue weighted by Gasteiger charge is -2.32. The largest absolute Gasteiger partial charge is 0.341 e. The summed E-state index contributed by atoms with van der Waals surface area (Å²) in [6, 6.07) is 8.61. The Balaban J connectivity index is 0.00000220. The summed E-state index contributed by atoms with van der Waals surface area (Å²) in [6.07, 6.45) is 2.89. The van der Waals surface area contributed by atoms with E-state index in [-0.39, 0.29) is 18.3 Å². The first-order chi connectivity index (χ1) is 9.70. The quantitative estimate of drug-likeness (QED) is 0.776. The molecular formula is C15H22BrClN2OS. The van der Waals surface area contributed by atoms with Crippen LogP contribution in [0.4, 0.5) is 0 Å². The van der Waals surface area contributed by atoms with Crippen molar-refractivity contribution in [1.29, 1.82) is 0 Å². The molecule has 1 aromatic carbocycles. The number of amides is 1. The molecule has 118 valence electrons. The van der Waals surface area contributed by atoms with Gasteiger partial charge in [-0.05, 0) is 48.0 Å². The molecule has 3 nitrogen and oxygen atoms in total. The maximum atomic E-state index is 12.2. The van der Waals surface area contributed by atoms with Crippen LogP contribution in [-0.2, 0) is 4.79 Å². The number of rotatable bonds is 5. The van der Waals surface area contributed by atoms with Crippen LogP contribution in [-0.4, -0.2) is 42.7 Å². The van der Waals surface area contributed by atoms with Crippen LogP contribution in [0.1, 0.15) is 19.3 Å². The fourth-order valence-electron chi connectivity index (χ4n) is 2.41. The predicted molar refractivity (Wildman–Crippen MR) is 95.4 cm³/mol. The smallest absolute Gasteiger partial charge is 0.223 e. The minimum Gasteiger partial charge on any atom is -0.341 e. The van der Waals surface area contributed by atoms with E-state index >= 15 is 0 Å². The van der Waals surface area contributed by atoms with Crippen molar-refractivity contribution in [3.8, 4) is 0 Å². The molecule has 1 heterocycles. The van der Waals surface area contributed by atoms with Gasteiger partial charge in [0, 0.05) is 40.7 Å². The lowest BCUT2D eigenvalue weighted by Crippen LogP contribution is -2.47. The van der Waals surface area contributed by atoms with Gasteiger partial charge in [0.2, 0.25) is 5.91 Å². The van der Waals surface area contributed by atoms with Crippen molar-refractivity contribution in [3.05, 3.63) is 28.7 Å². The molecule has 1 unspecified atom stereocenters. The van der Waals surface area contributed by atoms with Gasteiger partial charge in [-0.25, -0.2) is 0 Å². The molecule has 0 aromatic heterocycles. The second-order valence-corrected chi connectivity index (χ2v) is 6.99. The van der Waals surface area contributed by atoms with E-state index in [1.807, 2.05) is 30.1 Å². The van der Waals surface area contributed by atoms with E-state index in [1.165, 1.54) is 11.3 Å². The van der Waals surface area contributed by atoms with Gasteiger partial charge in [0.05, 0.1) is 0 Å². The Bertz CT molecular complexity index is 461. The molecule has 1 N–H and O–H groups in total. The van der Waals surface area contributed by atoms with Crippen molar-refractivity contribution in [3.63, 3.8) is 0 Å². The van der Waals surface area contributed by atoms with Gasteiger partial charge in [-0.3, -0.25) is 4.79 Å². The number of likely N-dealkylation sites (N-methyl/N-ethyl adjacent to an activating group) is 1. The molecule has 1 aliphatic rings. The Kier molecular flexibility index (Phi) is 8.71. The molecule has 1 fully saturated rings. The van der Waals surface area contributed by atoms with Crippen LogP contribution in [0, 0.1) is 0 Å². The third-order valence-corrected chi connectivity index (χ3v) is 5.62. The molecule has 1 atom stereocenters. The zero-order chi connectivity index (χ0) is 14.4. The number of benzene rings is 1. The normalized spacial score (nSPS) is 18.2. The summed E-state index contributed by atoms with van der Waals surface area (Å²) in [5, 5.41) is 3.27. The fourth-order valence-corrected chi connectivity index (χ4v) is 3.91. The number of hydrogen-bond donors (Lipinski definition) is 1. The maximum absolute atomic E-state index is 12.2. The summed E-state index contributed by atoms with van der Waals surface area (Å²) in [5.74, 6) is 1.12. The second-order valence-electron chi connectivity index (χ2n) is 5.00. The highest BCUT2D eigenvalue weighted by atomic mass is 79.9. The number of likely N-dealkylation sites (tertiary alicyclic amines) is 1. The van der Waals surface area contributed by atoms with E-state index in [0.29, 0.717) is 12.5 Å². The Morgan fingerprint density at radius 1 is 1.48 bits per heavy atom. The van der Waals surface area contributed by atoms with Crippen LogP contribution >= 0.6 is 40.1 Å². The fraction of sp³-hybridized carbons (Fsp3) is 0.533. The van der Waals surface area contributed by atoms with Crippen LogP contribution in [0.3, 0.4) is 0 Å². The van der Waals surface area contributed by atoms with Crippen LogP contribution in [0.5, 0.6) is 0 Å². The number of halogens is 2. The lowest BCUT2D eigenvalue weighted by molar-refractivity contribution is -0.132. The molecule has 1 aliphatic heterocycles. The van der Waals surface area contributed by atoms with Crippen molar-refractivity contribution < 1.29 is 4.79 Å². The minimum absolute atomic E-state index is 0. The standard InChI is InChI=1S/C15H21BrN2OS.ClH/c1-17-12-5-4-9-18(11-12)15(19)8-10-20-14-7-3-2-6-13(14)16;/h2-3,6-7,12,17H,4-5,8-11H2,1H3;1H. The second kappa shape index (κ2) is 9.72. The van der Waals surface area contributed by atoms with E-state index in [2.05, 4.69) is 27.3 Å². The van der Waals surface area contributed by atoms with Gasteiger partial charge < -0.3 is 10.2 Å². The number of carbonyl (C=O) groups excluding carboxylic acids is 1. The average Bonchev–Trinajstić information content (AvgIpc) is 2.49. The summed E-state index contributed by atoms with van der Waals surface area (Å²) in [5.41, 5.74) is 0. The van der Waals surface area contributed by atoms with Crippen molar-refractivity contribution in [2.45, 2.75) is 30.2 Å². The number of hydrogen-bond acceptors (Lipinski definition) is 3.